The summed E-state index contributed by atoms with van der Waals surface area (Å²) < 4.78 is 25.9. The van der Waals surface area contributed by atoms with Crippen LogP contribution < -0.4 is 0 Å². The Morgan fingerprint density at radius 2 is 1.76 bits per heavy atom. The molecule has 0 radical (unpaired) electrons. The first-order valence-electron chi connectivity index (χ1n) is 14.8. The maximum absolute atomic E-state index is 6.57. The molecule has 5 heterocycles. The molecule has 2 bridgehead atoms. The Balaban J connectivity index is 1.12. The quantitative estimate of drug-likeness (QED) is 0.320. The van der Waals surface area contributed by atoms with Crippen molar-refractivity contribution in [1.29, 1.82) is 0 Å². The van der Waals surface area contributed by atoms with Crippen LogP contribution in [0.4, 0.5) is 0 Å². The van der Waals surface area contributed by atoms with Crippen LogP contribution in [0.15, 0.2) is 12.2 Å². The molecule has 0 N–H and O–H groups in total. The average Bonchev–Trinajstić information content (AvgIpc) is 3.13. The first-order valence-corrected chi connectivity index (χ1v) is 14.8. The Kier molecular flexibility index (Phi) is 7.51. The summed E-state index contributed by atoms with van der Waals surface area (Å²) in [6.45, 7) is 13.1. The molecular weight excluding hydrogens is 476 g/mol. The van der Waals surface area contributed by atoms with Gasteiger partial charge in [-0.3, -0.25) is 0 Å². The normalized spacial score (nSPS) is 50.3. The van der Waals surface area contributed by atoms with Crippen LogP contribution in [0.2, 0.25) is 0 Å². The van der Waals surface area contributed by atoms with Crippen LogP contribution in [-0.2, 0) is 38.5 Å². The highest BCUT2D eigenvalue weighted by molar-refractivity contribution is 5.09. The van der Waals surface area contributed by atoms with E-state index in [1.54, 1.807) is 0 Å². The van der Waals surface area contributed by atoms with Crippen molar-refractivity contribution in [2.24, 2.45) is 29.6 Å². The van der Waals surface area contributed by atoms with Crippen LogP contribution in [0, 0.1) is 29.6 Å². The number of hydrogen-bond donors (Lipinski definition) is 0. The summed E-state index contributed by atoms with van der Waals surface area (Å²) >= 11 is 0. The highest BCUT2D eigenvalue weighted by Crippen LogP contribution is 2.60. The Morgan fingerprint density at radius 3 is 2.54 bits per heavy atom. The fourth-order valence-electron chi connectivity index (χ4n) is 8.02. The lowest BCUT2D eigenvalue weighted by atomic mass is 9.58. The second-order valence-electron chi connectivity index (χ2n) is 12.8. The Morgan fingerprint density at radius 1 is 0.946 bits per heavy atom. The second-order valence-corrected chi connectivity index (χ2v) is 12.8. The largest absolute Gasteiger partial charge is 0.352 e. The van der Waals surface area contributed by atoms with Crippen molar-refractivity contribution < 1.29 is 38.5 Å². The molecule has 7 fully saturated rings. The molecule has 8 nitrogen and oxygen atoms in total. The third-order valence-corrected chi connectivity index (χ3v) is 10.2. The van der Waals surface area contributed by atoms with E-state index >= 15 is 0 Å². The summed E-state index contributed by atoms with van der Waals surface area (Å²) in [4.78, 5) is 23.7. The molecular formula is C29H46O8. The van der Waals surface area contributed by atoms with Crippen LogP contribution in [-0.4, -0.2) is 49.1 Å². The monoisotopic (exact) mass is 522 g/mol. The van der Waals surface area contributed by atoms with E-state index in [1.807, 2.05) is 13.8 Å². The third kappa shape index (κ3) is 4.73. The number of rotatable bonds is 6. The molecule has 5 aliphatic heterocycles. The fraction of sp³-hybridized carbons (Fsp3) is 0.931. The molecule has 7 rings (SSSR count). The van der Waals surface area contributed by atoms with Crippen molar-refractivity contribution in [3.8, 4) is 0 Å². The molecule has 0 aromatic heterocycles. The number of ether oxygens (including phenoxy) is 4. The topological polar surface area (TPSA) is 73.8 Å². The van der Waals surface area contributed by atoms with E-state index in [0.29, 0.717) is 30.8 Å². The summed E-state index contributed by atoms with van der Waals surface area (Å²) in [6, 6.07) is 0. The number of fused-ring (bicyclic) bond motifs is 2. The molecule has 11 atom stereocenters. The van der Waals surface area contributed by atoms with Crippen molar-refractivity contribution in [3.63, 3.8) is 0 Å². The highest BCUT2D eigenvalue weighted by atomic mass is 17.3. The molecule has 2 aliphatic carbocycles. The van der Waals surface area contributed by atoms with Gasteiger partial charge in [0.25, 0.3) is 0 Å². The summed E-state index contributed by atoms with van der Waals surface area (Å²) in [5.41, 5.74) is 0.329. The van der Waals surface area contributed by atoms with Gasteiger partial charge in [0.05, 0.1) is 12.7 Å². The van der Waals surface area contributed by atoms with Crippen LogP contribution >= 0.6 is 0 Å². The van der Waals surface area contributed by atoms with E-state index in [-0.39, 0.29) is 36.6 Å². The predicted octanol–water partition coefficient (Wildman–Crippen LogP) is 5.80. The van der Waals surface area contributed by atoms with Gasteiger partial charge in [-0.2, -0.15) is 0 Å². The Bertz CT molecular complexity index is 831. The van der Waals surface area contributed by atoms with E-state index in [1.165, 1.54) is 25.7 Å². The Labute approximate surface area is 221 Å². The summed E-state index contributed by atoms with van der Waals surface area (Å²) in [5.74, 6) is 0.903. The van der Waals surface area contributed by atoms with Gasteiger partial charge in [-0.15, -0.1) is 0 Å². The van der Waals surface area contributed by atoms with Crippen LogP contribution in [0.5, 0.6) is 0 Å². The molecule has 210 valence electrons. The minimum Gasteiger partial charge on any atom is -0.352 e. The van der Waals surface area contributed by atoms with Crippen molar-refractivity contribution in [3.05, 3.63) is 12.2 Å². The third-order valence-electron chi connectivity index (χ3n) is 10.2. The smallest absolute Gasteiger partial charge is 0.201 e. The van der Waals surface area contributed by atoms with Gasteiger partial charge in [0.1, 0.15) is 6.10 Å². The van der Waals surface area contributed by atoms with E-state index < -0.39 is 17.7 Å². The van der Waals surface area contributed by atoms with Crippen molar-refractivity contribution in [2.45, 2.75) is 134 Å². The van der Waals surface area contributed by atoms with Gasteiger partial charge in [0, 0.05) is 30.6 Å². The van der Waals surface area contributed by atoms with E-state index in [9.17, 15) is 0 Å². The van der Waals surface area contributed by atoms with Crippen LogP contribution in [0.1, 0.15) is 91.9 Å². The SMILES string of the molecule is C=C(C)[C@H]1OOC(C2CCCCC2)O[C@@H]1CCOC1O[C@H]2O[C@]3(C)CCC4[C@H](C)CC[C@@H]([C@H]1C)[C@]42OO3. The van der Waals surface area contributed by atoms with Gasteiger partial charge in [-0.25, -0.2) is 19.6 Å². The zero-order valence-corrected chi connectivity index (χ0v) is 23.0. The van der Waals surface area contributed by atoms with Gasteiger partial charge in [-0.1, -0.05) is 39.7 Å². The van der Waals surface area contributed by atoms with Gasteiger partial charge in [0.2, 0.25) is 5.79 Å². The lowest BCUT2D eigenvalue weighted by Crippen LogP contribution is -2.70. The zero-order chi connectivity index (χ0) is 25.8. The van der Waals surface area contributed by atoms with Gasteiger partial charge in [-0.05, 0) is 63.4 Å². The van der Waals surface area contributed by atoms with Gasteiger partial charge >= 0.3 is 0 Å². The van der Waals surface area contributed by atoms with Crippen LogP contribution in [0.25, 0.3) is 0 Å². The van der Waals surface area contributed by atoms with Crippen molar-refractivity contribution in [2.75, 3.05) is 6.61 Å². The summed E-state index contributed by atoms with van der Waals surface area (Å²) in [6.07, 6.45) is 9.07. The maximum Gasteiger partial charge on any atom is 0.201 e. The first kappa shape index (κ1) is 26.6. The molecule has 0 aromatic rings. The maximum atomic E-state index is 6.57. The highest BCUT2D eigenvalue weighted by Gasteiger charge is 2.69. The minimum absolute atomic E-state index is 0.152. The Hall–Kier alpha value is -0.580. The second kappa shape index (κ2) is 10.4. The van der Waals surface area contributed by atoms with Gasteiger partial charge < -0.3 is 18.9 Å². The van der Waals surface area contributed by atoms with E-state index in [4.69, 9.17) is 38.5 Å². The molecule has 0 amide bonds. The van der Waals surface area contributed by atoms with Gasteiger partial charge in [0.15, 0.2) is 24.5 Å². The van der Waals surface area contributed by atoms with Crippen molar-refractivity contribution >= 4 is 0 Å². The molecule has 5 saturated heterocycles. The lowest BCUT2D eigenvalue weighted by Gasteiger charge is -2.60. The van der Waals surface area contributed by atoms with E-state index in [0.717, 1.165) is 37.7 Å². The molecule has 37 heavy (non-hydrogen) atoms. The predicted molar refractivity (Wildman–Crippen MR) is 133 cm³/mol. The standard InChI is InChI=1S/C29H46O8/c1-17(2)24-23(31-26(35-34-24)20-9-7-6-8-10-20)14-16-30-25-19(4)22-12-11-18(3)21-13-15-28(5)33-27(32-25)29(21,22)37-36-28/h18-27H,1,6-16H2,2-5H3/t18-,19-,21?,22+,23-,24-,25?,26?,27+,28+,29-/m1/s1. The first-order chi connectivity index (χ1) is 17.8. The molecule has 7 aliphatic rings. The fourth-order valence-corrected chi connectivity index (χ4v) is 8.02. The van der Waals surface area contributed by atoms with Crippen LogP contribution in [0.3, 0.4) is 0 Å². The molecule has 3 unspecified atom stereocenters. The average molecular weight is 523 g/mol. The minimum atomic E-state index is -0.779. The molecule has 1 spiro atoms. The zero-order valence-electron chi connectivity index (χ0n) is 23.0. The van der Waals surface area contributed by atoms with Crippen molar-refractivity contribution in [1.82, 2.24) is 0 Å². The summed E-state index contributed by atoms with van der Waals surface area (Å²) in [5, 5.41) is 0. The molecule has 2 saturated carbocycles. The molecule has 0 aromatic carbocycles. The lowest BCUT2D eigenvalue weighted by molar-refractivity contribution is -0.577. The number of hydrogen-bond acceptors (Lipinski definition) is 8. The molecule has 8 heteroatoms. The summed E-state index contributed by atoms with van der Waals surface area (Å²) in [7, 11) is 0. The van der Waals surface area contributed by atoms with E-state index in [2.05, 4.69) is 20.4 Å².